The molecule has 35 heavy (non-hydrogen) atoms. The Bertz CT molecular complexity index is 779. The van der Waals surface area contributed by atoms with Crippen LogP contribution in [0.3, 0.4) is 0 Å². The topological polar surface area (TPSA) is 96.4 Å². The molecule has 9 heteroatoms. The van der Waals surface area contributed by atoms with Gasteiger partial charge in [-0.15, -0.1) is 6.58 Å². The number of ether oxygens (including phenoxy) is 2. The molecule has 3 aliphatic rings. The molecule has 0 aliphatic carbocycles. The van der Waals surface area contributed by atoms with Gasteiger partial charge in [-0.25, -0.2) is 0 Å². The number of nitrogens with zero attached hydrogens (tertiary/aromatic N) is 2. The summed E-state index contributed by atoms with van der Waals surface area (Å²) in [5.41, 5.74) is -1.04. The lowest BCUT2D eigenvalue weighted by Gasteiger charge is -2.37. The van der Waals surface area contributed by atoms with Crippen molar-refractivity contribution in [3.63, 3.8) is 0 Å². The minimum atomic E-state index is -1.04. The molecule has 0 saturated carbocycles. The highest BCUT2D eigenvalue weighted by molar-refractivity contribution is 9.09. The summed E-state index contributed by atoms with van der Waals surface area (Å²) >= 11 is 3.68. The highest BCUT2D eigenvalue weighted by atomic mass is 79.9. The average molecular weight is 558 g/mol. The number of carbonyl (C=O) groups excluding carboxylic acids is 3. The zero-order valence-electron chi connectivity index (χ0n) is 21.1. The molecule has 1 spiro atoms. The number of aliphatic hydroxyl groups is 1. The summed E-state index contributed by atoms with van der Waals surface area (Å²) < 4.78 is 11.8. The lowest BCUT2D eigenvalue weighted by molar-refractivity contribution is -0.154. The molecule has 3 fully saturated rings. The number of likely N-dealkylation sites (tertiary alicyclic amines) is 1. The second kappa shape index (κ2) is 12.7. The largest absolute Gasteiger partial charge is 0.466 e. The zero-order chi connectivity index (χ0) is 25.6. The first kappa shape index (κ1) is 28.1. The lowest BCUT2D eigenvalue weighted by Crippen LogP contribution is -2.57. The normalized spacial score (nSPS) is 31.0. The standard InChI is InChI=1S/C26H41BrN2O6/c1-4-7-10-14-28(13-5-2)24(32)22-26-17-18(27)21(35-26)19(25(33)34-6-3)20(26)23(31)29(22)15-11-8-9-12-16-30/h5,18-22,30H,2,4,6-17H2,1,3H3/t18?,19-,20+,21-,22-,26+/m0/s1. The molecular weight excluding hydrogens is 516 g/mol. The third-order valence-corrected chi connectivity index (χ3v) is 8.43. The molecule has 8 nitrogen and oxygen atoms in total. The average Bonchev–Trinajstić information content (AvgIpc) is 3.42. The number of unbranched alkanes of at least 4 members (excludes halogenated alkanes) is 5. The third-order valence-electron chi connectivity index (χ3n) is 7.58. The third kappa shape index (κ3) is 5.47. The van der Waals surface area contributed by atoms with E-state index in [-0.39, 0.29) is 29.9 Å². The summed E-state index contributed by atoms with van der Waals surface area (Å²) in [5.74, 6) is -2.17. The Hall–Kier alpha value is -1.45. The first-order chi connectivity index (χ1) is 16.9. The minimum absolute atomic E-state index is 0.128. The predicted molar refractivity (Wildman–Crippen MR) is 136 cm³/mol. The van der Waals surface area contributed by atoms with E-state index in [0.717, 1.165) is 38.5 Å². The monoisotopic (exact) mass is 556 g/mol. The molecule has 3 rings (SSSR count). The SMILES string of the molecule is C=CCN(CCCCC)C(=O)[C@@H]1N(CCCCCCO)C(=O)[C@H]2[C@H](C(=O)OCC)[C@H]3O[C@@]12CC3Br. The molecule has 2 amide bonds. The van der Waals surface area contributed by atoms with Crippen molar-refractivity contribution in [3.05, 3.63) is 12.7 Å². The van der Waals surface area contributed by atoms with E-state index in [0.29, 0.717) is 32.5 Å². The van der Waals surface area contributed by atoms with E-state index in [1.54, 1.807) is 22.8 Å². The smallest absolute Gasteiger partial charge is 0.312 e. The number of halogens is 1. The van der Waals surface area contributed by atoms with Crippen LogP contribution in [-0.4, -0.2) is 88.1 Å². The van der Waals surface area contributed by atoms with Crippen molar-refractivity contribution < 1.29 is 29.0 Å². The van der Waals surface area contributed by atoms with Crippen molar-refractivity contribution >= 4 is 33.7 Å². The quantitative estimate of drug-likeness (QED) is 0.144. The van der Waals surface area contributed by atoms with Crippen LogP contribution in [0.5, 0.6) is 0 Å². The van der Waals surface area contributed by atoms with Crippen LogP contribution >= 0.6 is 15.9 Å². The molecule has 0 aromatic rings. The van der Waals surface area contributed by atoms with Crippen molar-refractivity contribution in [2.75, 3.05) is 32.8 Å². The molecule has 3 aliphatic heterocycles. The Labute approximate surface area is 217 Å². The van der Waals surface area contributed by atoms with Crippen molar-refractivity contribution in [2.24, 2.45) is 11.8 Å². The first-order valence-electron chi connectivity index (χ1n) is 13.2. The van der Waals surface area contributed by atoms with Gasteiger partial charge in [-0.2, -0.15) is 0 Å². The fourth-order valence-electron chi connectivity index (χ4n) is 6.08. The maximum Gasteiger partial charge on any atom is 0.312 e. The van der Waals surface area contributed by atoms with Gasteiger partial charge in [0.15, 0.2) is 0 Å². The highest BCUT2D eigenvalue weighted by Gasteiger charge is 2.77. The summed E-state index contributed by atoms with van der Waals surface area (Å²) in [7, 11) is 0. The number of fused-ring (bicyclic) bond motifs is 1. The lowest BCUT2D eigenvalue weighted by atomic mass is 9.70. The van der Waals surface area contributed by atoms with Gasteiger partial charge in [-0.05, 0) is 32.6 Å². The van der Waals surface area contributed by atoms with Crippen LogP contribution in [0.2, 0.25) is 0 Å². The zero-order valence-corrected chi connectivity index (χ0v) is 22.7. The van der Waals surface area contributed by atoms with Crippen molar-refractivity contribution in [3.8, 4) is 0 Å². The minimum Gasteiger partial charge on any atom is -0.466 e. The van der Waals surface area contributed by atoms with Crippen LogP contribution in [0.15, 0.2) is 12.7 Å². The van der Waals surface area contributed by atoms with Crippen LogP contribution in [0.25, 0.3) is 0 Å². The predicted octanol–water partition coefficient (Wildman–Crippen LogP) is 3.06. The van der Waals surface area contributed by atoms with E-state index in [4.69, 9.17) is 14.6 Å². The highest BCUT2D eigenvalue weighted by Crippen LogP contribution is 2.60. The fraction of sp³-hybridized carbons (Fsp3) is 0.808. The Morgan fingerprint density at radius 2 is 2.00 bits per heavy atom. The number of hydrogen-bond donors (Lipinski definition) is 1. The number of rotatable bonds is 15. The summed E-state index contributed by atoms with van der Waals surface area (Å²) in [6.07, 6.45) is 7.81. The van der Waals surface area contributed by atoms with Gasteiger partial charge in [0.25, 0.3) is 0 Å². The van der Waals surface area contributed by atoms with E-state index in [9.17, 15) is 14.4 Å². The fourth-order valence-corrected chi connectivity index (χ4v) is 7.02. The molecule has 198 valence electrons. The summed E-state index contributed by atoms with van der Waals surface area (Å²) in [5, 5.41) is 9.08. The van der Waals surface area contributed by atoms with Gasteiger partial charge in [0.05, 0.1) is 24.5 Å². The summed E-state index contributed by atoms with van der Waals surface area (Å²) in [4.78, 5) is 44.3. The van der Waals surface area contributed by atoms with E-state index in [1.807, 2.05) is 0 Å². The van der Waals surface area contributed by atoms with Crippen LogP contribution in [-0.2, 0) is 23.9 Å². The second-order valence-electron chi connectivity index (χ2n) is 9.87. The second-order valence-corrected chi connectivity index (χ2v) is 11.0. The molecule has 0 aromatic carbocycles. The molecule has 3 heterocycles. The maximum atomic E-state index is 14.1. The van der Waals surface area contributed by atoms with Crippen molar-refractivity contribution in [2.45, 2.75) is 87.8 Å². The first-order valence-corrected chi connectivity index (χ1v) is 14.1. The van der Waals surface area contributed by atoms with Crippen LogP contribution < -0.4 is 0 Å². The summed E-state index contributed by atoms with van der Waals surface area (Å²) in [6.45, 7) is 9.49. The molecular formula is C26H41BrN2O6. The molecule has 2 bridgehead atoms. The van der Waals surface area contributed by atoms with Gasteiger partial charge >= 0.3 is 5.97 Å². The number of esters is 1. The number of hydrogen-bond acceptors (Lipinski definition) is 6. The van der Waals surface area contributed by atoms with Gasteiger partial charge in [0.2, 0.25) is 11.8 Å². The van der Waals surface area contributed by atoms with Crippen molar-refractivity contribution in [1.82, 2.24) is 9.80 Å². The summed E-state index contributed by atoms with van der Waals surface area (Å²) in [6, 6.07) is -0.774. The van der Waals surface area contributed by atoms with Gasteiger partial charge in [0.1, 0.15) is 11.6 Å². The molecule has 1 N–H and O–H groups in total. The van der Waals surface area contributed by atoms with E-state index in [2.05, 4.69) is 29.4 Å². The Morgan fingerprint density at radius 1 is 1.26 bits per heavy atom. The number of carbonyl (C=O) groups is 3. The molecule has 6 atom stereocenters. The van der Waals surface area contributed by atoms with E-state index >= 15 is 0 Å². The van der Waals surface area contributed by atoms with Crippen LogP contribution in [0.4, 0.5) is 0 Å². The van der Waals surface area contributed by atoms with E-state index in [1.165, 1.54) is 0 Å². The van der Waals surface area contributed by atoms with Gasteiger partial charge in [0, 0.05) is 31.1 Å². The van der Waals surface area contributed by atoms with Gasteiger partial charge in [-0.1, -0.05) is 54.6 Å². The Morgan fingerprint density at radius 3 is 2.66 bits per heavy atom. The van der Waals surface area contributed by atoms with Gasteiger partial charge < -0.3 is 24.4 Å². The number of amides is 2. The molecule has 3 saturated heterocycles. The number of alkyl halides is 1. The van der Waals surface area contributed by atoms with Crippen molar-refractivity contribution in [1.29, 1.82) is 0 Å². The maximum absolute atomic E-state index is 14.1. The molecule has 0 aromatic heterocycles. The Kier molecular flexibility index (Phi) is 10.2. The van der Waals surface area contributed by atoms with Crippen LogP contribution in [0, 0.1) is 11.8 Å². The molecule has 1 unspecified atom stereocenters. The van der Waals surface area contributed by atoms with E-state index < -0.39 is 35.6 Å². The Balaban J connectivity index is 1.93. The van der Waals surface area contributed by atoms with Gasteiger partial charge in [-0.3, -0.25) is 14.4 Å². The number of aliphatic hydroxyl groups excluding tert-OH is 1. The molecule has 0 radical (unpaired) electrons. The van der Waals surface area contributed by atoms with Crippen LogP contribution in [0.1, 0.15) is 65.2 Å².